The number of alkyl carbamates (subject to hydrolysis) is 1. The zero-order chi connectivity index (χ0) is 44.7. The smallest absolute Gasteiger partial charge is 0.407 e. The molecule has 336 valence electrons. The molecule has 1 saturated heterocycles. The highest BCUT2D eigenvalue weighted by molar-refractivity contribution is 5.83. The molecule has 1 aliphatic heterocycles. The number of rotatable bonds is 13. The lowest BCUT2D eigenvalue weighted by atomic mass is 10.2. The van der Waals surface area contributed by atoms with E-state index in [1.54, 1.807) is 104 Å². The summed E-state index contributed by atoms with van der Waals surface area (Å²) >= 11 is 0. The molecule has 0 unspecified atom stereocenters. The summed E-state index contributed by atoms with van der Waals surface area (Å²) in [5.41, 5.74) is -3.57. The highest BCUT2D eigenvalue weighted by Crippen LogP contribution is 2.13. The molecule has 0 saturated carbocycles. The van der Waals surface area contributed by atoms with E-state index in [0.717, 1.165) is 0 Å². The molecule has 17 heteroatoms. The van der Waals surface area contributed by atoms with Crippen LogP contribution in [0.15, 0.2) is 0 Å². The van der Waals surface area contributed by atoms with E-state index < -0.39 is 52.0 Å². The molecular formula is C41H76N6O11. The summed E-state index contributed by atoms with van der Waals surface area (Å²) in [5.74, 6) is -2.20. The second-order valence-electron chi connectivity index (χ2n) is 19.7. The minimum Gasteiger partial charge on any atom is -0.459 e. The second kappa shape index (κ2) is 22.7. The maximum atomic E-state index is 14.1. The van der Waals surface area contributed by atoms with E-state index in [0.29, 0.717) is 52.4 Å². The zero-order valence-electron chi connectivity index (χ0n) is 38.3. The molecule has 1 rings (SSSR count). The molecule has 0 aromatic rings. The number of esters is 4. The number of ether oxygens (including phenoxy) is 5. The van der Waals surface area contributed by atoms with Crippen LogP contribution in [-0.2, 0) is 47.7 Å². The number of nitrogens with one attached hydrogen (secondary N) is 1. The van der Waals surface area contributed by atoms with Crippen LogP contribution in [0.25, 0.3) is 0 Å². The highest BCUT2D eigenvalue weighted by atomic mass is 16.6. The van der Waals surface area contributed by atoms with Crippen molar-refractivity contribution < 1.29 is 52.5 Å². The molecule has 0 spiro atoms. The maximum Gasteiger partial charge on any atom is 0.407 e. The van der Waals surface area contributed by atoms with Crippen molar-refractivity contribution in [2.24, 2.45) is 0 Å². The van der Waals surface area contributed by atoms with E-state index in [2.05, 4.69) is 5.32 Å². The average molecular weight is 829 g/mol. The molecule has 1 aliphatic rings. The number of nitrogens with zero attached hydrogens (tertiary/aromatic N) is 5. The Morgan fingerprint density at radius 1 is 0.431 bits per heavy atom. The topological polar surface area (TPSA) is 177 Å². The van der Waals surface area contributed by atoms with Gasteiger partial charge in [0.15, 0.2) is 0 Å². The SMILES string of the molecule is CC(C)(C)OC(=O)CN1CCN(CC(=O)OC(C)(C)C)CCN(CC(=O)N(CCNC(=O)OC(C)(C)C)CC(=O)OC(C)(C)C)CCN(CC(=O)OC(C)(C)C)CC1. The molecule has 0 aromatic carbocycles. The fraction of sp³-hybridized carbons (Fsp3) is 0.854. The van der Waals surface area contributed by atoms with Gasteiger partial charge in [0.25, 0.3) is 0 Å². The summed E-state index contributed by atoms with van der Waals surface area (Å²) in [4.78, 5) is 87.6. The summed E-state index contributed by atoms with van der Waals surface area (Å²) in [5, 5.41) is 2.65. The van der Waals surface area contributed by atoms with E-state index >= 15 is 0 Å². The number of carbonyl (C=O) groups excluding carboxylic acids is 6. The lowest BCUT2D eigenvalue weighted by molar-refractivity contribution is -0.159. The van der Waals surface area contributed by atoms with Crippen molar-refractivity contribution in [3.05, 3.63) is 0 Å². The molecule has 0 bridgehead atoms. The first-order chi connectivity index (χ1) is 26.3. The number of carbonyl (C=O) groups is 6. The highest BCUT2D eigenvalue weighted by Gasteiger charge is 2.28. The fourth-order valence-corrected chi connectivity index (χ4v) is 5.60. The van der Waals surface area contributed by atoms with Crippen molar-refractivity contribution >= 4 is 35.9 Å². The van der Waals surface area contributed by atoms with Crippen LogP contribution in [0.2, 0.25) is 0 Å². The van der Waals surface area contributed by atoms with Gasteiger partial charge in [0.2, 0.25) is 5.91 Å². The largest absolute Gasteiger partial charge is 0.459 e. The third kappa shape index (κ3) is 27.2. The predicted molar refractivity (Wildman–Crippen MR) is 220 cm³/mol. The summed E-state index contributed by atoms with van der Waals surface area (Å²) in [6, 6.07) is 0. The Balaban J connectivity index is 3.46. The third-order valence-electron chi connectivity index (χ3n) is 7.75. The molecule has 0 atom stereocenters. The van der Waals surface area contributed by atoms with Crippen LogP contribution in [0.1, 0.15) is 104 Å². The van der Waals surface area contributed by atoms with Gasteiger partial charge in [-0.05, 0) is 104 Å². The van der Waals surface area contributed by atoms with Crippen LogP contribution in [0, 0.1) is 0 Å². The first kappa shape index (κ1) is 52.5. The van der Waals surface area contributed by atoms with E-state index in [-0.39, 0.29) is 57.7 Å². The van der Waals surface area contributed by atoms with Crippen molar-refractivity contribution in [1.82, 2.24) is 29.8 Å². The molecule has 0 aliphatic carbocycles. The van der Waals surface area contributed by atoms with E-state index in [4.69, 9.17) is 23.7 Å². The quantitative estimate of drug-likeness (QED) is 0.212. The standard InChI is InChI=1S/C41H76N6O11/c1-37(2,3)54-32(49)27-44-20-18-43(26-31(48)47(30-35(52)57-40(10,11)12)17-16-42-36(53)58-41(13,14)15)19-21-45(28-33(50)55-38(4,5)6)23-25-46(24-22-44)29-34(51)56-39(7,8)9/h16-30H2,1-15H3,(H,42,53). The second-order valence-corrected chi connectivity index (χ2v) is 19.7. The molecule has 1 N–H and O–H groups in total. The normalized spacial score (nSPS) is 16.6. The molecular weight excluding hydrogens is 752 g/mol. The van der Waals surface area contributed by atoms with Gasteiger partial charge in [0, 0.05) is 65.4 Å². The molecule has 17 nitrogen and oxygen atoms in total. The summed E-state index contributed by atoms with van der Waals surface area (Å²) in [6.07, 6.45) is -0.653. The third-order valence-corrected chi connectivity index (χ3v) is 7.75. The van der Waals surface area contributed by atoms with Gasteiger partial charge < -0.3 is 33.9 Å². The molecule has 0 radical (unpaired) electrons. The van der Waals surface area contributed by atoms with Crippen LogP contribution in [-0.4, -0.2) is 187 Å². The van der Waals surface area contributed by atoms with Crippen molar-refractivity contribution in [2.75, 3.05) is 98.2 Å². The molecule has 1 heterocycles. The Hall–Kier alpha value is -3.54. The van der Waals surface area contributed by atoms with E-state index in [1.165, 1.54) is 4.90 Å². The number of hydrogen-bond donors (Lipinski definition) is 1. The zero-order valence-corrected chi connectivity index (χ0v) is 38.3. The number of amides is 2. The average Bonchev–Trinajstić information content (AvgIpc) is 2.97. The monoisotopic (exact) mass is 829 g/mol. The van der Waals surface area contributed by atoms with Gasteiger partial charge in [-0.1, -0.05) is 0 Å². The maximum absolute atomic E-state index is 14.1. The van der Waals surface area contributed by atoms with E-state index in [9.17, 15) is 28.8 Å². The van der Waals surface area contributed by atoms with Crippen LogP contribution < -0.4 is 5.32 Å². The summed E-state index contributed by atoms with van der Waals surface area (Å²) < 4.78 is 27.8. The fourth-order valence-electron chi connectivity index (χ4n) is 5.60. The molecule has 2 amide bonds. The van der Waals surface area contributed by atoms with Gasteiger partial charge in [-0.25, -0.2) is 4.79 Å². The van der Waals surface area contributed by atoms with Gasteiger partial charge in [-0.3, -0.25) is 43.6 Å². The van der Waals surface area contributed by atoms with Crippen molar-refractivity contribution in [2.45, 2.75) is 132 Å². The first-order valence-electron chi connectivity index (χ1n) is 20.3. The predicted octanol–water partition coefficient (Wildman–Crippen LogP) is 2.93. The van der Waals surface area contributed by atoms with E-state index in [1.807, 2.05) is 19.6 Å². The van der Waals surface area contributed by atoms with Crippen molar-refractivity contribution in [3.63, 3.8) is 0 Å². The summed E-state index contributed by atoms with van der Waals surface area (Å²) in [6.45, 7) is 29.1. The lowest BCUT2D eigenvalue weighted by Crippen LogP contribution is -2.51. The van der Waals surface area contributed by atoms with Gasteiger partial charge in [-0.15, -0.1) is 0 Å². The molecule has 58 heavy (non-hydrogen) atoms. The Morgan fingerprint density at radius 3 is 1.00 bits per heavy atom. The Labute approximate surface area is 347 Å². The van der Waals surface area contributed by atoms with Crippen LogP contribution >= 0.6 is 0 Å². The summed E-state index contributed by atoms with van der Waals surface area (Å²) in [7, 11) is 0. The van der Waals surface area contributed by atoms with Crippen LogP contribution in [0.4, 0.5) is 4.79 Å². The van der Waals surface area contributed by atoms with Crippen molar-refractivity contribution in [3.8, 4) is 0 Å². The lowest BCUT2D eigenvalue weighted by Gasteiger charge is -2.35. The van der Waals surface area contributed by atoms with Gasteiger partial charge in [0.1, 0.15) is 34.6 Å². The van der Waals surface area contributed by atoms with Crippen molar-refractivity contribution in [1.29, 1.82) is 0 Å². The van der Waals surface area contributed by atoms with Gasteiger partial charge >= 0.3 is 30.0 Å². The Kier molecular flexibility index (Phi) is 20.6. The Bertz CT molecular complexity index is 1310. The van der Waals surface area contributed by atoms with Gasteiger partial charge in [0.05, 0.1) is 26.2 Å². The number of hydrogen-bond acceptors (Lipinski definition) is 15. The molecule has 0 aromatic heterocycles. The molecule has 1 fully saturated rings. The van der Waals surface area contributed by atoms with Crippen LogP contribution in [0.3, 0.4) is 0 Å². The minimum absolute atomic E-state index is 0.00811. The first-order valence-corrected chi connectivity index (χ1v) is 20.3. The van der Waals surface area contributed by atoms with Gasteiger partial charge in [-0.2, -0.15) is 0 Å². The Morgan fingerprint density at radius 2 is 0.707 bits per heavy atom. The minimum atomic E-state index is -0.782. The van der Waals surface area contributed by atoms with Crippen LogP contribution in [0.5, 0.6) is 0 Å².